The van der Waals surface area contributed by atoms with Crippen LogP contribution in [0, 0.1) is 11.6 Å². The third-order valence-corrected chi connectivity index (χ3v) is 4.92. The van der Waals surface area contributed by atoms with Crippen LogP contribution < -0.4 is 10.2 Å². The van der Waals surface area contributed by atoms with Gasteiger partial charge in [-0.15, -0.1) is 0 Å². The van der Waals surface area contributed by atoms with Crippen LogP contribution in [0.1, 0.15) is 39.2 Å². The average molecular weight is 386 g/mol. The van der Waals surface area contributed by atoms with Crippen molar-refractivity contribution < 1.29 is 23.1 Å². The smallest absolute Gasteiger partial charge is 0.412 e. The Morgan fingerprint density at radius 3 is 2.36 bits per heavy atom. The molecule has 0 atom stereocenters. The minimum Gasteiger partial charge on any atom is -0.444 e. The third-order valence-electron chi connectivity index (χ3n) is 4.92. The molecule has 0 bridgehead atoms. The zero-order chi connectivity index (χ0) is 20.3. The Kier molecular flexibility index (Phi) is 3.96. The molecule has 1 saturated carbocycles. The summed E-state index contributed by atoms with van der Waals surface area (Å²) in [4.78, 5) is 26.5. The summed E-state index contributed by atoms with van der Waals surface area (Å²) in [5.74, 6) is -1.26. The first kappa shape index (κ1) is 18.4. The zero-order valence-electron chi connectivity index (χ0n) is 15.8. The fourth-order valence-corrected chi connectivity index (χ4v) is 3.53. The fraction of sp³-hybridized carbons (Fsp3) is 0.333. The van der Waals surface area contributed by atoms with E-state index >= 15 is 0 Å². The van der Waals surface area contributed by atoms with Crippen molar-refractivity contribution in [2.24, 2.45) is 0 Å². The lowest BCUT2D eigenvalue weighted by atomic mass is 9.97. The van der Waals surface area contributed by atoms with Gasteiger partial charge in [0.2, 0.25) is 5.91 Å². The Morgan fingerprint density at radius 2 is 1.79 bits per heavy atom. The lowest BCUT2D eigenvalue weighted by molar-refractivity contribution is -0.119. The number of rotatable bonds is 2. The normalized spacial score (nSPS) is 16.9. The van der Waals surface area contributed by atoms with Gasteiger partial charge in [-0.05, 0) is 69.5 Å². The quantitative estimate of drug-likeness (QED) is 0.788. The standard InChI is InChI=1S/C21H20F2N2O3/c1-20(2,3)28-19(27)24-16-10-14-17(11-15(16)23)25(18(26)21(14)8-9-21)13-6-4-12(22)5-7-13/h4-7,10-11H,8-9H2,1-3H3,(H,24,27). The van der Waals surface area contributed by atoms with Crippen molar-refractivity contribution in [1.82, 2.24) is 0 Å². The van der Waals surface area contributed by atoms with E-state index in [0.717, 1.165) is 0 Å². The van der Waals surface area contributed by atoms with Crippen molar-refractivity contribution in [2.45, 2.75) is 44.6 Å². The number of benzene rings is 2. The summed E-state index contributed by atoms with van der Waals surface area (Å²) in [5, 5.41) is 2.42. The van der Waals surface area contributed by atoms with Gasteiger partial charge in [-0.2, -0.15) is 0 Å². The highest BCUT2D eigenvalue weighted by atomic mass is 19.1. The predicted molar refractivity (Wildman–Crippen MR) is 101 cm³/mol. The molecule has 2 amide bonds. The number of halogens is 2. The van der Waals surface area contributed by atoms with Crippen LogP contribution >= 0.6 is 0 Å². The first-order valence-electron chi connectivity index (χ1n) is 9.05. The molecule has 0 aromatic heterocycles. The van der Waals surface area contributed by atoms with E-state index in [0.29, 0.717) is 29.8 Å². The highest BCUT2D eigenvalue weighted by Crippen LogP contribution is 2.59. The van der Waals surface area contributed by atoms with Crippen LogP contribution in [0.3, 0.4) is 0 Å². The molecule has 0 radical (unpaired) electrons. The van der Waals surface area contributed by atoms with Crippen molar-refractivity contribution in [3.8, 4) is 0 Å². The van der Waals surface area contributed by atoms with Gasteiger partial charge in [0.05, 0.1) is 16.8 Å². The van der Waals surface area contributed by atoms with E-state index in [1.54, 1.807) is 20.8 Å². The van der Waals surface area contributed by atoms with Crippen molar-refractivity contribution in [1.29, 1.82) is 0 Å². The Bertz CT molecular complexity index is 976. The number of ether oxygens (including phenoxy) is 1. The molecule has 1 aliphatic heterocycles. The Balaban J connectivity index is 1.72. The minimum absolute atomic E-state index is 0.0342. The lowest BCUT2D eigenvalue weighted by Gasteiger charge is -2.20. The summed E-state index contributed by atoms with van der Waals surface area (Å²) < 4.78 is 33.2. The average Bonchev–Trinajstić information content (AvgIpc) is 3.35. The predicted octanol–water partition coefficient (Wildman–Crippen LogP) is 5.02. The van der Waals surface area contributed by atoms with E-state index in [4.69, 9.17) is 4.74 Å². The maximum Gasteiger partial charge on any atom is 0.412 e. The molecule has 0 unspecified atom stereocenters. The van der Waals surface area contributed by atoms with Gasteiger partial charge in [0.15, 0.2) is 0 Å². The number of nitrogens with one attached hydrogen (secondary N) is 1. The molecule has 4 rings (SSSR count). The molecular weight excluding hydrogens is 366 g/mol. The number of amides is 2. The van der Waals surface area contributed by atoms with E-state index in [-0.39, 0.29) is 11.6 Å². The number of anilines is 3. The summed E-state index contributed by atoms with van der Waals surface area (Å²) in [5.41, 5.74) is 0.0962. The Labute approximate surface area is 161 Å². The molecule has 2 aliphatic rings. The number of hydrogen-bond acceptors (Lipinski definition) is 3. The van der Waals surface area contributed by atoms with Crippen LogP contribution in [0.4, 0.5) is 30.6 Å². The molecule has 5 nitrogen and oxygen atoms in total. The van der Waals surface area contributed by atoms with Gasteiger partial charge in [0, 0.05) is 11.8 Å². The molecule has 1 spiro atoms. The Morgan fingerprint density at radius 1 is 1.14 bits per heavy atom. The van der Waals surface area contributed by atoms with Crippen LogP contribution in [0.25, 0.3) is 0 Å². The zero-order valence-corrected chi connectivity index (χ0v) is 15.8. The highest BCUT2D eigenvalue weighted by Gasteiger charge is 2.59. The third kappa shape index (κ3) is 3.00. The second-order valence-corrected chi connectivity index (χ2v) is 8.18. The van der Waals surface area contributed by atoms with Gasteiger partial charge < -0.3 is 4.74 Å². The topological polar surface area (TPSA) is 58.6 Å². The van der Waals surface area contributed by atoms with Crippen molar-refractivity contribution in [2.75, 3.05) is 10.2 Å². The molecule has 1 heterocycles. The van der Waals surface area contributed by atoms with Crippen LogP contribution in [0.15, 0.2) is 36.4 Å². The molecule has 1 fully saturated rings. The fourth-order valence-electron chi connectivity index (χ4n) is 3.53. The van der Waals surface area contributed by atoms with Gasteiger partial charge in [0.1, 0.15) is 17.2 Å². The molecule has 2 aromatic rings. The molecule has 7 heteroatoms. The first-order valence-corrected chi connectivity index (χ1v) is 9.05. The monoisotopic (exact) mass is 386 g/mol. The highest BCUT2D eigenvalue weighted by molar-refractivity contribution is 6.15. The lowest BCUT2D eigenvalue weighted by Crippen LogP contribution is -2.27. The molecule has 28 heavy (non-hydrogen) atoms. The van der Waals surface area contributed by atoms with Gasteiger partial charge >= 0.3 is 6.09 Å². The van der Waals surface area contributed by atoms with Crippen LogP contribution in [0.5, 0.6) is 0 Å². The summed E-state index contributed by atoms with van der Waals surface area (Å²) in [7, 11) is 0. The van der Waals surface area contributed by atoms with Crippen molar-refractivity contribution in [3.05, 3.63) is 53.6 Å². The van der Waals surface area contributed by atoms with Crippen LogP contribution in [0.2, 0.25) is 0 Å². The summed E-state index contributed by atoms with van der Waals surface area (Å²) in [6, 6.07) is 8.23. The largest absolute Gasteiger partial charge is 0.444 e. The summed E-state index contributed by atoms with van der Waals surface area (Å²) in [6.07, 6.45) is 0.526. The van der Waals surface area contributed by atoms with Crippen LogP contribution in [-0.2, 0) is 14.9 Å². The second kappa shape index (κ2) is 6.02. The van der Waals surface area contributed by atoms with Gasteiger partial charge in [0.25, 0.3) is 0 Å². The number of hydrogen-bond donors (Lipinski definition) is 1. The van der Waals surface area contributed by atoms with E-state index in [1.165, 1.54) is 41.3 Å². The first-order chi connectivity index (χ1) is 13.1. The molecular formula is C21H20F2N2O3. The summed E-state index contributed by atoms with van der Waals surface area (Å²) >= 11 is 0. The van der Waals surface area contributed by atoms with E-state index in [9.17, 15) is 18.4 Å². The number of fused-ring (bicyclic) bond motifs is 2. The van der Waals surface area contributed by atoms with Crippen molar-refractivity contribution in [3.63, 3.8) is 0 Å². The van der Waals surface area contributed by atoms with Crippen LogP contribution in [-0.4, -0.2) is 17.6 Å². The maximum absolute atomic E-state index is 14.7. The number of carbonyl (C=O) groups excluding carboxylic acids is 2. The van der Waals surface area contributed by atoms with Gasteiger partial charge in [-0.1, -0.05) is 0 Å². The molecule has 1 N–H and O–H groups in total. The second-order valence-electron chi connectivity index (χ2n) is 8.18. The molecule has 1 aliphatic carbocycles. The Hall–Kier alpha value is -2.96. The molecule has 2 aromatic carbocycles. The molecule has 0 saturated heterocycles. The van der Waals surface area contributed by atoms with E-state index in [2.05, 4.69) is 5.32 Å². The van der Waals surface area contributed by atoms with E-state index in [1.807, 2.05) is 0 Å². The summed E-state index contributed by atoms with van der Waals surface area (Å²) in [6.45, 7) is 5.14. The van der Waals surface area contributed by atoms with Gasteiger partial charge in [-0.3, -0.25) is 15.0 Å². The maximum atomic E-state index is 14.7. The SMILES string of the molecule is CC(C)(C)OC(=O)Nc1cc2c(cc1F)N(c1ccc(F)cc1)C(=O)C21CC1. The van der Waals surface area contributed by atoms with Crippen molar-refractivity contribution >= 4 is 29.1 Å². The number of carbonyl (C=O) groups is 2. The molecule has 146 valence electrons. The number of nitrogens with zero attached hydrogens (tertiary/aromatic N) is 1. The van der Waals surface area contributed by atoms with E-state index < -0.39 is 28.7 Å². The minimum atomic E-state index is -0.768. The van der Waals surface area contributed by atoms with Gasteiger partial charge in [-0.25, -0.2) is 13.6 Å².